The fourth-order valence-electron chi connectivity index (χ4n) is 3.13. The molecule has 0 amide bonds. The second-order valence-corrected chi connectivity index (χ2v) is 12.1. The van der Waals surface area contributed by atoms with E-state index in [2.05, 4.69) is 31.9 Å². The summed E-state index contributed by atoms with van der Waals surface area (Å²) in [4.78, 5) is 0. The highest BCUT2D eigenvalue weighted by molar-refractivity contribution is 9.11. The molecule has 2 rings (SSSR count). The van der Waals surface area contributed by atoms with E-state index in [0.29, 0.717) is 26.4 Å². The van der Waals surface area contributed by atoms with Crippen molar-refractivity contribution in [3.8, 4) is 0 Å². The van der Waals surface area contributed by atoms with Crippen LogP contribution in [0.2, 0.25) is 0 Å². The SMILES string of the molecule is CCOP(=O)(Cc1ccc2c(Br)c(CP(=O)(OCC)OCC)ccc2c1Br)OCC. The molecule has 0 saturated carbocycles. The quantitative estimate of drug-likeness (QED) is 0.236. The Kier molecular flexibility index (Phi) is 10.2. The molecule has 10 heteroatoms. The zero-order chi connectivity index (χ0) is 22.4. The monoisotopic (exact) mass is 584 g/mol. The zero-order valence-electron chi connectivity index (χ0n) is 17.7. The highest BCUT2D eigenvalue weighted by Crippen LogP contribution is 2.54. The van der Waals surface area contributed by atoms with E-state index in [1.165, 1.54) is 0 Å². The van der Waals surface area contributed by atoms with Crippen molar-refractivity contribution < 1.29 is 27.2 Å². The van der Waals surface area contributed by atoms with Gasteiger partial charge in [-0.3, -0.25) is 9.13 Å². The van der Waals surface area contributed by atoms with E-state index in [0.717, 1.165) is 30.8 Å². The van der Waals surface area contributed by atoms with Crippen LogP contribution >= 0.6 is 47.1 Å². The maximum absolute atomic E-state index is 12.9. The topological polar surface area (TPSA) is 71.1 Å². The smallest absolute Gasteiger partial charge is 0.309 e. The van der Waals surface area contributed by atoms with Gasteiger partial charge in [0.1, 0.15) is 0 Å². The van der Waals surface area contributed by atoms with E-state index in [-0.39, 0.29) is 12.3 Å². The summed E-state index contributed by atoms with van der Waals surface area (Å²) < 4.78 is 49.2. The molecule has 168 valence electrons. The minimum Gasteiger partial charge on any atom is -0.309 e. The van der Waals surface area contributed by atoms with Crippen LogP contribution in [0.25, 0.3) is 10.8 Å². The van der Waals surface area contributed by atoms with Crippen molar-refractivity contribution in [1.82, 2.24) is 0 Å². The van der Waals surface area contributed by atoms with Gasteiger partial charge in [0, 0.05) is 8.95 Å². The lowest BCUT2D eigenvalue weighted by molar-refractivity contribution is 0.218. The van der Waals surface area contributed by atoms with Crippen LogP contribution in [-0.2, 0) is 39.5 Å². The Morgan fingerprint density at radius 3 is 1.20 bits per heavy atom. The van der Waals surface area contributed by atoms with Crippen LogP contribution in [0.15, 0.2) is 33.2 Å². The van der Waals surface area contributed by atoms with Gasteiger partial charge in [0.15, 0.2) is 0 Å². The Bertz CT molecular complexity index is 869. The Balaban J connectivity index is 2.43. The van der Waals surface area contributed by atoms with Crippen LogP contribution in [0, 0.1) is 0 Å². The van der Waals surface area contributed by atoms with Crippen LogP contribution < -0.4 is 0 Å². The third kappa shape index (κ3) is 6.49. The van der Waals surface area contributed by atoms with Crippen LogP contribution in [0.5, 0.6) is 0 Å². The Labute approximate surface area is 195 Å². The predicted molar refractivity (Wildman–Crippen MR) is 128 cm³/mol. The second kappa shape index (κ2) is 11.7. The lowest BCUT2D eigenvalue weighted by atomic mass is 10.1. The minimum atomic E-state index is -3.22. The predicted octanol–water partition coefficient (Wildman–Crippen LogP) is 7.90. The van der Waals surface area contributed by atoms with Crippen molar-refractivity contribution in [2.45, 2.75) is 40.0 Å². The fourth-order valence-corrected chi connectivity index (χ4v) is 8.25. The first kappa shape index (κ1) is 26.2. The van der Waals surface area contributed by atoms with Crippen molar-refractivity contribution in [2.75, 3.05) is 26.4 Å². The summed E-state index contributed by atoms with van der Waals surface area (Å²) in [6.45, 7) is 8.44. The molecule has 0 aromatic heterocycles. The van der Waals surface area contributed by atoms with Crippen LogP contribution in [-0.4, -0.2) is 26.4 Å². The lowest BCUT2D eigenvalue weighted by Crippen LogP contribution is -2.01. The van der Waals surface area contributed by atoms with Gasteiger partial charge in [0.2, 0.25) is 0 Å². The minimum absolute atomic E-state index is 0.175. The van der Waals surface area contributed by atoms with E-state index in [1.54, 1.807) is 27.7 Å². The fraction of sp³-hybridized carbons (Fsp3) is 0.500. The maximum atomic E-state index is 12.9. The lowest BCUT2D eigenvalue weighted by Gasteiger charge is -2.20. The van der Waals surface area contributed by atoms with Gasteiger partial charge >= 0.3 is 15.2 Å². The molecule has 0 radical (unpaired) electrons. The number of fused-ring (bicyclic) bond motifs is 1. The molecule has 0 heterocycles. The molecule has 0 aliphatic carbocycles. The normalized spacial score (nSPS) is 12.6. The largest absolute Gasteiger partial charge is 0.335 e. The highest BCUT2D eigenvalue weighted by Gasteiger charge is 2.28. The molecular weight excluding hydrogens is 558 g/mol. The Hall–Kier alpha value is -0.0400. The third-order valence-electron chi connectivity index (χ3n) is 4.26. The molecule has 0 fully saturated rings. The van der Waals surface area contributed by atoms with E-state index in [1.807, 2.05) is 24.3 Å². The number of halogens is 2. The molecule has 0 N–H and O–H groups in total. The molecule has 0 bridgehead atoms. The Morgan fingerprint density at radius 1 is 0.633 bits per heavy atom. The van der Waals surface area contributed by atoms with Crippen LogP contribution in [0.3, 0.4) is 0 Å². The molecule has 30 heavy (non-hydrogen) atoms. The van der Waals surface area contributed by atoms with Crippen molar-refractivity contribution >= 4 is 57.8 Å². The highest BCUT2D eigenvalue weighted by atomic mass is 79.9. The van der Waals surface area contributed by atoms with Gasteiger partial charge in [-0.25, -0.2) is 0 Å². The van der Waals surface area contributed by atoms with E-state index in [4.69, 9.17) is 18.1 Å². The number of benzene rings is 2. The summed E-state index contributed by atoms with van der Waals surface area (Å²) in [6, 6.07) is 7.68. The molecule has 0 atom stereocenters. The molecule has 0 unspecified atom stereocenters. The first-order valence-electron chi connectivity index (χ1n) is 9.87. The summed E-state index contributed by atoms with van der Waals surface area (Å²) in [5.41, 5.74) is 1.67. The van der Waals surface area contributed by atoms with Crippen molar-refractivity contribution in [2.24, 2.45) is 0 Å². The van der Waals surface area contributed by atoms with Crippen LogP contribution in [0.4, 0.5) is 0 Å². The first-order chi connectivity index (χ1) is 14.2. The summed E-state index contributed by atoms with van der Waals surface area (Å²) in [6.07, 6.45) is 0.350. The van der Waals surface area contributed by atoms with E-state index in [9.17, 15) is 9.13 Å². The van der Waals surface area contributed by atoms with E-state index < -0.39 is 15.2 Å². The standard InChI is InChI=1S/C20H28Br2O6P2/c1-5-25-29(23,26-6-2)13-15-9-11-18-17(19(15)21)12-10-16(20(18)22)14-30(24,27-7-3)28-8-4/h9-12H,5-8,13-14H2,1-4H3. The Morgan fingerprint density at radius 2 is 0.933 bits per heavy atom. The maximum Gasteiger partial charge on any atom is 0.335 e. The third-order valence-corrected chi connectivity index (χ3v) is 10.2. The number of hydrogen-bond acceptors (Lipinski definition) is 6. The molecule has 0 spiro atoms. The zero-order valence-corrected chi connectivity index (χ0v) is 22.6. The van der Waals surface area contributed by atoms with Gasteiger partial charge < -0.3 is 18.1 Å². The molecular formula is C20H28Br2O6P2. The summed E-state index contributed by atoms with van der Waals surface area (Å²) in [5.74, 6) is 0. The van der Waals surface area contributed by atoms with Crippen molar-refractivity contribution in [3.05, 3.63) is 44.3 Å². The summed E-state index contributed by atoms with van der Waals surface area (Å²) in [7, 11) is -6.45. The molecule has 0 aliphatic rings. The van der Waals surface area contributed by atoms with Gasteiger partial charge in [-0.15, -0.1) is 0 Å². The van der Waals surface area contributed by atoms with Gasteiger partial charge in [0.05, 0.1) is 38.8 Å². The van der Waals surface area contributed by atoms with Crippen molar-refractivity contribution in [1.29, 1.82) is 0 Å². The average Bonchev–Trinajstić information content (AvgIpc) is 2.67. The van der Waals surface area contributed by atoms with Crippen molar-refractivity contribution in [3.63, 3.8) is 0 Å². The summed E-state index contributed by atoms with van der Waals surface area (Å²) >= 11 is 7.30. The molecule has 2 aromatic rings. The van der Waals surface area contributed by atoms with Crippen LogP contribution in [0.1, 0.15) is 38.8 Å². The van der Waals surface area contributed by atoms with E-state index >= 15 is 0 Å². The van der Waals surface area contributed by atoms with Gasteiger partial charge in [-0.1, -0.05) is 24.3 Å². The molecule has 0 saturated heterocycles. The molecule has 6 nitrogen and oxygen atoms in total. The van der Waals surface area contributed by atoms with Gasteiger partial charge in [0.25, 0.3) is 0 Å². The number of rotatable bonds is 12. The first-order valence-corrected chi connectivity index (χ1v) is 14.9. The number of hydrogen-bond donors (Lipinski definition) is 0. The second-order valence-electron chi connectivity index (χ2n) is 6.38. The van der Waals surface area contributed by atoms with Gasteiger partial charge in [-0.2, -0.15) is 0 Å². The molecule has 2 aromatic carbocycles. The average molecular weight is 586 g/mol. The summed E-state index contributed by atoms with van der Waals surface area (Å²) in [5, 5.41) is 1.87. The van der Waals surface area contributed by atoms with Gasteiger partial charge in [-0.05, 0) is 81.5 Å². The molecule has 0 aliphatic heterocycles.